The van der Waals surface area contributed by atoms with Crippen molar-refractivity contribution in [2.45, 2.75) is 6.42 Å². The lowest BCUT2D eigenvalue weighted by atomic mass is 10.2. The first-order valence-corrected chi connectivity index (χ1v) is 8.39. The maximum absolute atomic E-state index is 12.2. The smallest absolute Gasteiger partial charge is 0.230 e. The Kier molecular flexibility index (Phi) is 5.08. The van der Waals surface area contributed by atoms with Crippen molar-refractivity contribution in [1.82, 2.24) is 9.97 Å². The van der Waals surface area contributed by atoms with E-state index in [0.717, 1.165) is 16.3 Å². The second kappa shape index (κ2) is 7.42. The molecule has 2 aromatic heterocycles. The molecule has 122 valence electrons. The predicted octanol–water partition coefficient (Wildman–Crippen LogP) is 4.05. The van der Waals surface area contributed by atoms with Crippen LogP contribution in [-0.2, 0) is 11.2 Å². The summed E-state index contributed by atoms with van der Waals surface area (Å²) in [7, 11) is 1.54. The zero-order valence-corrected chi connectivity index (χ0v) is 14.4. The van der Waals surface area contributed by atoms with E-state index in [4.69, 9.17) is 16.3 Å². The molecule has 0 aliphatic carbocycles. The molecule has 1 N–H and O–H groups in total. The number of rotatable bonds is 5. The molecular weight excluding hydrogens is 346 g/mol. The lowest BCUT2D eigenvalue weighted by Crippen LogP contribution is -2.14. The zero-order valence-electron chi connectivity index (χ0n) is 12.8. The van der Waals surface area contributed by atoms with E-state index in [1.165, 1.54) is 11.3 Å². The van der Waals surface area contributed by atoms with Gasteiger partial charge in [-0.25, -0.2) is 4.98 Å². The molecule has 0 spiro atoms. The van der Waals surface area contributed by atoms with Gasteiger partial charge >= 0.3 is 0 Å². The highest BCUT2D eigenvalue weighted by atomic mass is 35.5. The van der Waals surface area contributed by atoms with E-state index in [0.29, 0.717) is 16.5 Å². The fourth-order valence-corrected chi connectivity index (χ4v) is 3.19. The Morgan fingerprint density at radius 2 is 2.25 bits per heavy atom. The van der Waals surface area contributed by atoms with Crippen LogP contribution in [-0.4, -0.2) is 23.0 Å². The lowest BCUT2D eigenvalue weighted by Gasteiger charge is -2.07. The standard InChI is InChI=1S/C17H14ClN3O2S/c1-23-15-5-4-12(7-14(15)18)20-16(22)8-13-10-24-17(21-13)11-3-2-6-19-9-11/h2-7,9-10H,8H2,1H3,(H,20,22). The fraction of sp³-hybridized carbons (Fsp3) is 0.118. The monoisotopic (exact) mass is 359 g/mol. The predicted molar refractivity (Wildman–Crippen MR) is 95.7 cm³/mol. The minimum Gasteiger partial charge on any atom is -0.495 e. The number of methoxy groups -OCH3 is 1. The van der Waals surface area contributed by atoms with E-state index in [1.54, 1.807) is 37.7 Å². The molecule has 24 heavy (non-hydrogen) atoms. The quantitative estimate of drug-likeness (QED) is 0.746. The molecule has 5 nitrogen and oxygen atoms in total. The SMILES string of the molecule is COc1ccc(NC(=O)Cc2csc(-c3cccnc3)n2)cc1Cl. The number of hydrogen-bond acceptors (Lipinski definition) is 5. The maximum atomic E-state index is 12.2. The molecule has 0 bridgehead atoms. The topological polar surface area (TPSA) is 64.1 Å². The first-order valence-electron chi connectivity index (χ1n) is 7.14. The first-order chi connectivity index (χ1) is 11.7. The number of aromatic nitrogens is 2. The maximum Gasteiger partial charge on any atom is 0.230 e. The number of nitrogens with zero attached hydrogens (tertiary/aromatic N) is 2. The van der Waals surface area contributed by atoms with Gasteiger partial charge in [-0.05, 0) is 30.3 Å². The molecule has 0 saturated heterocycles. The third-order valence-electron chi connectivity index (χ3n) is 3.24. The Bertz CT molecular complexity index is 852. The molecule has 1 amide bonds. The summed E-state index contributed by atoms with van der Waals surface area (Å²) in [6.45, 7) is 0. The van der Waals surface area contributed by atoms with Gasteiger partial charge in [0.05, 0.1) is 24.2 Å². The summed E-state index contributed by atoms with van der Waals surface area (Å²) in [5, 5.41) is 5.98. The molecule has 3 aromatic rings. The third kappa shape index (κ3) is 3.90. The highest BCUT2D eigenvalue weighted by Crippen LogP contribution is 2.27. The van der Waals surface area contributed by atoms with Gasteiger partial charge in [-0.15, -0.1) is 11.3 Å². The van der Waals surface area contributed by atoms with Crippen molar-refractivity contribution in [3.63, 3.8) is 0 Å². The molecule has 0 radical (unpaired) electrons. The van der Waals surface area contributed by atoms with E-state index in [-0.39, 0.29) is 12.3 Å². The van der Waals surface area contributed by atoms with Gasteiger partial charge in [0.2, 0.25) is 5.91 Å². The van der Waals surface area contributed by atoms with Crippen LogP contribution < -0.4 is 10.1 Å². The van der Waals surface area contributed by atoms with Crippen LogP contribution in [0.5, 0.6) is 5.75 Å². The van der Waals surface area contributed by atoms with E-state index >= 15 is 0 Å². The van der Waals surface area contributed by atoms with E-state index in [9.17, 15) is 4.79 Å². The number of benzene rings is 1. The van der Waals surface area contributed by atoms with Crippen molar-refractivity contribution in [2.75, 3.05) is 12.4 Å². The second-order valence-electron chi connectivity index (χ2n) is 4.96. The summed E-state index contributed by atoms with van der Waals surface area (Å²) >= 11 is 7.54. The molecule has 0 saturated carbocycles. The number of carbonyl (C=O) groups excluding carboxylic acids is 1. The van der Waals surface area contributed by atoms with Crippen LogP contribution in [0.15, 0.2) is 48.1 Å². The average Bonchev–Trinajstić information content (AvgIpc) is 3.04. The Balaban J connectivity index is 1.65. The highest BCUT2D eigenvalue weighted by molar-refractivity contribution is 7.13. The van der Waals surface area contributed by atoms with E-state index < -0.39 is 0 Å². The van der Waals surface area contributed by atoms with Crippen molar-refractivity contribution in [3.8, 4) is 16.3 Å². The number of hydrogen-bond donors (Lipinski definition) is 1. The summed E-state index contributed by atoms with van der Waals surface area (Å²) in [4.78, 5) is 20.7. The van der Waals surface area contributed by atoms with Gasteiger partial charge in [-0.1, -0.05) is 11.6 Å². The van der Waals surface area contributed by atoms with Crippen LogP contribution in [0, 0.1) is 0 Å². The molecule has 0 fully saturated rings. The number of pyridine rings is 1. The largest absolute Gasteiger partial charge is 0.495 e. The number of thiazole rings is 1. The second-order valence-corrected chi connectivity index (χ2v) is 6.23. The Labute approximate surface area is 148 Å². The summed E-state index contributed by atoms with van der Waals surface area (Å²) in [5.74, 6) is 0.412. The number of anilines is 1. The van der Waals surface area contributed by atoms with Gasteiger partial charge in [0.25, 0.3) is 0 Å². The van der Waals surface area contributed by atoms with E-state index in [1.807, 2.05) is 17.5 Å². The fourth-order valence-electron chi connectivity index (χ4n) is 2.12. The normalized spacial score (nSPS) is 10.4. The Morgan fingerprint density at radius 3 is 2.96 bits per heavy atom. The molecule has 3 rings (SSSR count). The highest BCUT2D eigenvalue weighted by Gasteiger charge is 2.10. The third-order valence-corrected chi connectivity index (χ3v) is 4.47. The van der Waals surface area contributed by atoms with E-state index in [2.05, 4.69) is 15.3 Å². The number of amides is 1. The summed E-state index contributed by atoms with van der Waals surface area (Å²) in [5.41, 5.74) is 2.28. The zero-order chi connectivity index (χ0) is 16.9. The molecule has 0 aliphatic heterocycles. The molecule has 0 unspecified atom stereocenters. The van der Waals surface area contributed by atoms with Crippen LogP contribution in [0.25, 0.3) is 10.6 Å². The molecule has 7 heteroatoms. The van der Waals surface area contributed by atoms with Gasteiger partial charge in [0.15, 0.2) is 0 Å². The van der Waals surface area contributed by atoms with Gasteiger partial charge < -0.3 is 10.1 Å². The average molecular weight is 360 g/mol. The Morgan fingerprint density at radius 1 is 1.38 bits per heavy atom. The van der Waals surface area contributed by atoms with Crippen LogP contribution in [0.2, 0.25) is 5.02 Å². The lowest BCUT2D eigenvalue weighted by molar-refractivity contribution is -0.115. The molecule has 1 aromatic carbocycles. The van der Waals surface area contributed by atoms with Crippen LogP contribution in [0.3, 0.4) is 0 Å². The van der Waals surface area contributed by atoms with Gasteiger partial charge in [-0.3, -0.25) is 9.78 Å². The van der Waals surface area contributed by atoms with Gasteiger partial charge in [-0.2, -0.15) is 0 Å². The number of carbonyl (C=O) groups is 1. The summed E-state index contributed by atoms with van der Waals surface area (Å²) in [6.07, 6.45) is 3.66. The molecular formula is C17H14ClN3O2S. The molecule has 0 aliphatic rings. The molecule has 2 heterocycles. The first kappa shape index (κ1) is 16.4. The summed E-state index contributed by atoms with van der Waals surface area (Å²) < 4.78 is 5.09. The van der Waals surface area contributed by atoms with Crippen molar-refractivity contribution in [3.05, 3.63) is 58.8 Å². The Hall–Kier alpha value is -2.44. The van der Waals surface area contributed by atoms with Crippen LogP contribution in [0.1, 0.15) is 5.69 Å². The van der Waals surface area contributed by atoms with Crippen molar-refractivity contribution in [1.29, 1.82) is 0 Å². The number of halogens is 1. The van der Waals surface area contributed by atoms with Crippen LogP contribution in [0.4, 0.5) is 5.69 Å². The minimum absolute atomic E-state index is 0.153. The summed E-state index contributed by atoms with van der Waals surface area (Å²) in [6, 6.07) is 8.90. The van der Waals surface area contributed by atoms with Crippen LogP contribution >= 0.6 is 22.9 Å². The molecule has 0 atom stereocenters. The van der Waals surface area contributed by atoms with Gasteiger partial charge in [0, 0.05) is 29.0 Å². The number of nitrogens with one attached hydrogen (secondary N) is 1. The minimum atomic E-state index is -0.153. The number of ether oxygens (including phenoxy) is 1. The van der Waals surface area contributed by atoms with Gasteiger partial charge in [0.1, 0.15) is 10.8 Å². The van der Waals surface area contributed by atoms with Crippen molar-refractivity contribution in [2.24, 2.45) is 0 Å². The van der Waals surface area contributed by atoms with Crippen molar-refractivity contribution < 1.29 is 9.53 Å². The van der Waals surface area contributed by atoms with Crippen molar-refractivity contribution >= 4 is 34.5 Å².